The Hall–Kier alpha value is -3.28. The fourth-order valence-electron chi connectivity index (χ4n) is 5.34. The molecule has 0 bridgehead atoms. The van der Waals surface area contributed by atoms with Crippen molar-refractivity contribution in [1.29, 1.82) is 0 Å². The molecule has 0 aromatic heterocycles. The molecule has 208 valence electrons. The predicted molar refractivity (Wildman–Crippen MR) is 144 cm³/mol. The van der Waals surface area contributed by atoms with Crippen LogP contribution in [0.3, 0.4) is 0 Å². The van der Waals surface area contributed by atoms with Gasteiger partial charge in [0.05, 0.1) is 26.4 Å². The van der Waals surface area contributed by atoms with E-state index in [-0.39, 0.29) is 22.1 Å². The molecule has 2 aromatic carbocycles. The minimum atomic E-state index is -2.72. The summed E-state index contributed by atoms with van der Waals surface area (Å²) < 4.78 is 45.2. The van der Waals surface area contributed by atoms with Crippen molar-refractivity contribution >= 4 is 34.8 Å². The van der Waals surface area contributed by atoms with Crippen LogP contribution in [0.25, 0.3) is 6.08 Å². The van der Waals surface area contributed by atoms with Gasteiger partial charge in [-0.2, -0.15) is 0 Å². The number of likely N-dealkylation sites (tertiary alicyclic amines) is 1. The second-order valence-electron chi connectivity index (χ2n) is 10.4. The zero-order chi connectivity index (χ0) is 27.9. The summed E-state index contributed by atoms with van der Waals surface area (Å²) >= 11 is 0. The maximum atomic E-state index is 14.3. The number of ether oxygens (including phenoxy) is 3. The molecule has 0 spiro atoms. The third kappa shape index (κ3) is 5.43. The monoisotopic (exact) mass is 559 g/mol. The largest absolute Gasteiger partial charge is 0.492 e. The maximum absolute atomic E-state index is 14.3. The second kappa shape index (κ2) is 10.7. The number of methoxy groups -OCH3 is 2. The number of carbonyl (C=O) groups is 2. The number of amides is 1. The quantitative estimate of drug-likeness (QED) is 0.310. The van der Waals surface area contributed by atoms with Gasteiger partial charge in [0.2, 0.25) is 11.0 Å². The van der Waals surface area contributed by atoms with Crippen molar-refractivity contribution in [2.24, 2.45) is 5.92 Å². The van der Waals surface area contributed by atoms with E-state index in [1.165, 1.54) is 19.2 Å². The first-order valence-corrected chi connectivity index (χ1v) is 14.0. The minimum absolute atomic E-state index is 0.00519. The van der Waals surface area contributed by atoms with E-state index in [4.69, 9.17) is 14.2 Å². The Labute approximate surface area is 228 Å². The van der Waals surface area contributed by atoms with Crippen LogP contribution in [0.2, 0.25) is 0 Å². The Bertz CT molecular complexity index is 1360. The van der Waals surface area contributed by atoms with Crippen LogP contribution in [0.15, 0.2) is 41.3 Å². The minimum Gasteiger partial charge on any atom is -0.492 e. The molecule has 3 aliphatic rings. The number of carbonyl (C=O) groups excluding carboxylic acids is 2. The predicted octanol–water partition coefficient (Wildman–Crippen LogP) is 3.82. The summed E-state index contributed by atoms with van der Waals surface area (Å²) in [5.74, 6) is -0.302. The highest BCUT2D eigenvalue weighted by Gasteiger charge is 2.47. The molecule has 4 unspecified atom stereocenters. The van der Waals surface area contributed by atoms with Gasteiger partial charge in [-0.1, -0.05) is 26.7 Å². The fraction of sp³-hybridized carbons (Fsp3) is 0.429. The van der Waals surface area contributed by atoms with Gasteiger partial charge in [0.1, 0.15) is 22.8 Å². The van der Waals surface area contributed by atoms with E-state index in [0.717, 1.165) is 36.0 Å². The first-order valence-electron chi connectivity index (χ1n) is 12.8. The molecule has 11 heteroatoms. The van der Waals surface area contributed by atoms with Crippen LogP contribution < -0.4 is 9.04 Å². The Morgan fingerprint density at radius 1 is 1.28 bits per heavy atom. The first kappa shape index (κ1) is 27.3. The fourth-order valence-corrected chi connectivity index (χ4v) is 6.71. The molecule has 4 atom stereocenters. The molecule has 2 aliphatic heterocycles. The Morgan fingerprint density at radius 3 is 2.77 bits per heavy atom. The number of nitrogens with zero attached hydrogens (tertiary/aromatic N) is 2. The molecule has 2 aromatic rings. The summed E-state index contributed by atoms with van der Waals surface area (Å²) in [5.41, 5.74) is 0.423. The van der Waals surface area contributed by atoms with E-state index < -0.39 is 34.5 Å². The van der Waals surface area contributed by atoms with Crippen LogP contribution in [0.4, 0.5) is 14.9 Å². The zero-order valence-electron chi connectivity index (χ0n) is 22.1. The average molecular weight is 560 g/mol. The summed E-state index contributed by atoms with van der Waals surface area (Å²) in [6.45, 7) is 3.95. The number of β-amino-alcohol motifs (C(OH)–C–C–N with tert-alkyl or cyclic N) is 1. The Kier molecular flexibility index (Phi) is 7.49. The molecule has 0 radical (unpaired) electrons. The van der Waals surface area contributed by atoms with Crippen molar-refractivity contribution in [3.05, 3.63) is 58.9 Å². The second-order valence-corrected chi connectivity index (χ2v) is 11.9. The number of rotatable bonds is 7. The van der Waals surface area contributed by atoms with E-state index in [9.17, 15) is 23.3 Å². The van der Waals surface area contributed by atoms with Crippen LogP contribution in [-0.4, -0.2) is 68.1 Å². The maximum Gasteiger partial charge on any atom is 0.456 e. The molecule has 1 N–H and O–H groups in total. The molecule has 1 aliphatic carbocycles. The molecule has 1 saturated carbocycles. The lowest BCUT2D eigenvalue weighted by Crippen LogP contribution is -2.34. The summed E-state index contributed by atoms with van der Waals surface area (Å²) in [5, 5.41) is 10.2. The van der Waals surface area contributed by atoms with Gasteiger partial charge in [0.15, 0.2) is 4.90 Å². The van der Waals surface area contributed by atoms with Crippen LogP contribution in [0, 0.1) is 11.7 Å². The van der Waals surface area contributed by atoms with Crippen LogP contribution in [0.1, 0.15) is 47.2 Å². The van der Waals surface area contributed by atoms with Crippen molar-refractivity contribution in [2.75, 3.05) is 44.8 Å². The number of hydrogen-bond acceptors (Lipinski definition) is 8. The number of halogens is 1. The van der Waals surface area contributed by atoms with Gasteiger partial charge in [0, 0.05) is 31.1 Å². The molecule has 2 fully saturated rings. The summed E-state index contributed by atoms with van der Waals surface area (Å²) in [4.78, 5) is 28.3. The molecule has 2 heterocycles. The number of benzene rings is 2. The lowest BCUT2D eigenvalue weighted by Gasteiger charge is -2.23. The van der Waals surface area contributed by atoms with E-state index in [2.05, 4.69) is 4.90 Å². The topological polar surface area (TPSA) is 106 Å². The SMILES string of the molecule is COC(=O)c1c(N(C(=O)OC)[SH+](=O)c2ccc(F)cc2C=CCN2CCC(C)(O)C2)ccc2c1OCC1CC21. The van der Waals surface area contributed by atoms with Crippen molar-refractivity contribution in [2.45, 2.75) is 36.2 Å². The average Bonchev–Trinajstić information content (AvgIpc) is 3.63. The third-order valence-corrected chi connectivity index (χ3v) is 9.03. The first-order chi connectivity index (χ1) is 18.6. The van der Waals surface area contributed by atoms with Crippen LogP contribution >= 0.6 is 0 Å². The standard InChI is InChI=1S/C28H31FN2O7S/c1-28(34)10-12-30(16-28)11-4-5-17-13-19(29)6-9-23(17)39(35)31(27(33)37-3)22-8-7-20-21-14-18(21)15-38-25(20)24(22)26(32)36-2/h4-9,13,18,21,34H,10-12,14-16H2,1-3H3/p+1. The third-order valence-electron chi connectivity index (χ3n) is 7.46. The number of aliphatic hydroxyl groups is 1. The smallest absolute Gasteiger partial charge is 0.456 e. The highest BCUT2D eigenvalue weighted by molar-refractivity contribution is 7.87. The highest BCUT2D eigenvalue weighted by atomic mass is 32.2. The number of anilines is 1. The molecule has 39 heavy (non-hydrogen) atoms. The van der Waals surface area contributed by atoms with E-state index in [1.54, 1.807) is 31.2 Å². The van der Waals surface area contributed by atoms with Crippen molar-refractivity contribution < 1.29 is 37.5 Å². The number of hydrogen-bond donors (Lipinski definition) is 1. The normalized spacial score (nSPS) is 24.4. The van der Waals surface area contributed by atoms with Gasteiger partial charge >= 0.3 is 12.1 Å². The van der Waals surface area contributed by atoms with Crippen LogP contribution in [-0.2, 0) is 24.7 Å². The molecule has 9 nitrogen and oxygen atoms in total. The summed E-state index contributed by atoms with van der Waals surface area (Å²) in [6.07, 6.45) is 4.07. The van der Waals surface area contributed by atoms with Crippen molar-refractivity contribution in [3.63, 3.8) is 0 Å². The molecule has 5 rings (SSSR count). The van der Waals surface area contributed by atoms with Crippen LogP contribution in [0.5, 0.6) is 5.75 Å². The van der Waals surface area contributed by atoms with Gasteiger partial charge in [-0.3, -0.25) is 4.90 Å². The van der Waals surface area contributed by atoms with E-state index >= 15 is 0 Å². The van der Waals surface area contributed by atoms with Gasteiger partial charge in [-0.25, -0.2) is 14.0 Å². The van der Waals surface area contributed by atoms with Gasteiger partial charge in [-0.15, -0.1) is 0 Å². The highest BCUT2D eigenvalue weighted by Crippen LogP contribution is 2.55. The Morgan fingerprint density at radius 2 is 2.08 bits per heavy atom. The van der Waals surface area contributed by atoms with Gasteiger partial charge < -0.3 is 19.3 Å². The summed E-state index contributed by atoms with van der Waals surface area (Å²) in [6, 6.07) is 7.08. The van der Waals surface area contributed by atoms with Crippen molar-refractivity contribution in [3.8, 4) is 5.75 Å². The molecule has 1 saturated heterocycles. The molecular formula is C28H32FN2O7S+. The molecular weight excluding hydrogens is 527 g/mol. The zero-order valence-corrected chi connectivity index (χ0v) is 22.9. The Balaban J connectivity index is 1.52. The lowest BCUT2D eigenvalue weighted by atomic mass is 10.00. The molecule has 1 amide bonds. The van der Waals surface area contributed by atoms with Gasteiger partial charge in [0.25, 0.3) is 0 Å². The van der Waals surface area contributed by atoms with E-state index in [0.29, 0.717) is 43.3 Å². The van der Waals surface area contributed by atoms with Crippen molar-refractivity contribution in [1.82, 2.24) is 4.90 Å². The summed E-state index contributed by atoms with van der Waals surface area (Å²) in [7, 11) is -0.351. The number of thiol groups is 1. The van der Waals surface area contributed by atoms with E-state index in [1.807, 2.05) is 0 Å². The number of esters is 1. The number of fused-ring (bicyclic) bond motifs is 3. The van der Waals surface area contributed by atoms with Gasteiger partial charge in [-0.05, 0) is 55.5 Å². The lowest BCUT2D eigenvalue weighted by molar-refractivity contribution is 0.0595.